The average Bonchev–Trinajstić information content (AvgIpc) is 3.07. The Morgan fingerprint density at radius 3 is 2.50 bits per heavy atom. The molecule has 0 spiro atoms. The summed E-state index contributed by atoms with van der Waals surface area (Å²) in [6.45, 7) is 4.17. The first-order valence-electron chi connectivity index (χ1n) is 9.85. The minimum Gasteiger partial charge on any atom is -0.362 e. The number of aromatic nitrogens is 1. The molecule has 0 saturated heterocycles. The van der Waals surface area contributed by atoms with Gasteiger partial charge in [-0.3, -0.25) is 4.79 Å². The van der Waals surface area contributed by atoms with Crippen molar-refractivity contribution in [3.8, 4) is 11.1 Å². The lowest BCUT2D eigenvalue weighted by atomic mass is 10.0. The van der Waals surface area contributed by atoms with Gasteiger partial charge in [0.25, 0.3) is 0 Å². The fourth-order valence-corrected chi connectivity index (χ4v) is 3.89. The number of allylic oxidation sites excluding steroid dienone is 1. The Bertz CT molecular complexity index is 1070. The highest BCUT2D eigenvalue weighted by Crippen LogP contribution is 2.37. The summed E-state index contributed by atoms with van der Waals surface area (Å²) in [6, 6.07) is 14.6. The maximum atomic E-state index is 13.5. The number of hydrogen-bond acceptors (Lipinski definition) is 3. The largest absolute Gasteiger partial charge is 0.362 e. The van der Waals surface area contributed by atoms with E-state index in [2.05, 4.69) is 27.9 Å². The Kier molecular flexibility index (Phi) is 7.30. The Labute approximate surface area is 178 Å². The fourth-order valence-electron chi connectivity index (χ4n) is 3.68. The normalized spacial score (nSPS) is 12.7. The van der Waals surface area contributed by atoms with E-state index in [-0.39, 0.29) is 30.5 Å². The van der Waals surface area contributed by atoms with Gasteiger partial charge >= 0.3 is 0 Å². The van der Waals surface area contributed by atoms with Crippen LogP contribution in [-0.2, 0) is 14.1 Å². The summed E-state index contributed by atoms with van der Waals surface area (Å²) in [6.07, 6.45) is 3.90. The first-order valence-corrected chi connectivity index (χ1v) is 10.3. The summed E-state index contributed by atoms with van der Waals surface area (Å²) in [5, 5.41) is 1.04. The van der Waals surface area contributed by atoms with Crippen molar-refractivity contribution in [2.75, 3.05) is 0 Å². The maximum absolute atomic E-state index is 13.5. The summed E-state index contributed by atoms with van der Waals surface area (Å²) in [7, 11) is 2.11. The van der Waals surface area contributed by atoms with Crippen LogP contribution in [0.3, 0.4) is 0 Å². The van der Waals surface area contributed by atoms with Crippen LogP contribution in [0.15, 0.2) is 54.6 Å². The van der Waals surface area contributed by atoms with Crippen LogP contribution in [0.1, 0.15) is 38.4 Å². The van der Waals surface area contributed by atoms with E-state index < -0.39 is 6.10 Å². The molecule has 156 valence electrons. The molecule has 3 aromatic rings. The SMILES string of the molecule is CC(C)n1c(/C=C/C(=O)C[C@H](CC=O)OP)c(-c2ccc(F)cc2)c2ccccc21. The first-order chi connectivity index (χ1) is 14.5. The van der Waals surface area contributed by atoms with Gasteiger partial charge in [-0.15, -0.1) is 0 Å². The lowest BCUT2D eigenvalue weighted by molar-refractivity contribution is -0.116. The lowest BCUT2D eigenvalue weighted by Gasteiger charge is -2.14. The van der Waals surface area contributed by atoms with Crippen LogP contribution in [0.25, 0.3) is 28.1 Å². The van der Waals surface area contributed by atoms with Crippen molar-refractivity contribution in [3.63, 3.8) is 0 Å². The molecule has 0 fully saturated rings. The molecule has 4 nitrogen and oxygen atoms in total. The molecule has 0 saturated carbocycles. The number of halogens is 1. The molecular weight excluding hydrogens is 400 g/mol. The van der Waals surface area contributed by atoms with Crippen molar-refractivity contribution in [1.82, 2.24) is 4.57 Å². The molecule has 1 aromatic heterocycles. The van der Waals surface area contributed by atoms with Crippen molar-refractivity contribution in [2.24, 2.45) is 0 Å². The predicted molar refractivity (Wildman–Crippen MR) is 122 cm³/mol. The van der Waals surface area contributed by atoms with E-state index in [9.17, 15) is 14.0 Å². The summed E-state index contributed by atoms with van der Waals surface area (Å²) >= 11 is 0. The number of para-hydroxylation sites is 1. The molecule has 0 radical (unpaired) electrons. The predicted octanol–water partition coefficient (Wildman–Crippen LogP) is 5.77. The number of carbonyl (C=O) groups is 2. The lowest BCUT2D eigenvalue weighted by Crippen LogP contribution is -2.13. The summed E-state index contributed by atoms with van der Waals surface area (Å²) < 4.78 is 20.8. The number of rotatable bonds is 9. The maximum Gasteiger partial charge on any atom is 0.158 e. The molecule has 0 amide bonds. The molecule has 2 aromatic carbocycles. The molecule has 0 N–H and O–H groups in total. The quantitative estimate of drug-likeness (QED) is 0.249. The second kappa shape index (κ2) is 9.92. The third-order valence-electron chi connectivity index (χ3n) is 5.01. The Morgan fingerprint density at radius 1 is 1.17 bits per heavy atom. The van der Waals surface area contributed by atoms with E-state index >= 15 is 0 Å². The van der Waals surface area contributed by atoms with Crippen LogP contribution in [0.4, 0.5) is 4.39 Å². The van der Waals surface area contributed by atoms with E-state index in [0.29, 0.717) is 0 Å². The smallest absolute Gasteiger partial charge is 0.158 e. The number of hydrogen-bond donors (Lipinski definition) is 0. The summed E-state index contributed by atoms with van der Waals surface area (Å²) in [5.41, 5.74) is 3.76. The van der Waals surface area contributed by atoms with Gasteiger partial charge in [-0.25, -0.2) is 4.39 Å². The summed E-state index contributed by atoms with van der Waals surface area (Å²) in [4.78, 5) is 23.2. The van der Waals surface area contributed by atoms with Crippen molar-refractivity contribution >= 4 is 38.5 Å². The van der Waals surface area contributed by atoms with Gasteiger partial charge in [0.1, 0.15) is 12.1 Å². The molecule has 0 aliphatic heterocycles. The van der Waals surface area contributed by atoms with Gasteiger partial charge in [-0.1, -0.05) is 30.3 Å². The number of ketones is 1. The van der Waals surface area contributed by atoms with E-state index in [1.807, 2.05) is 30.3 Å². The highest BCUT2D eigenvalue weighted by atomic mass is 31.0. The fraction of sp³-hybridized carbons (Fsp3) is 0.250. The molecule has 0 aliphatic rings. The van der Waals surface area contributed by atoms with Crippen LogP contribution < -0.4 is 0 Å². The number of nitrogens with zero attached hydrogens (tertiary/aromatic N) is 1. The molecule has 6 heteroatoms. The van der Waals surface area contributed by atoms with Crippen molar-refractivity contribution in [2.45, 2.75) is 38.8 Å². The van der Waals surface area contributed by atoms with E-state index in [0.717, 1.165) is 34.0 Å². The third-order valence-corrected chi connectivity index (χ3v) is 5.39. The van der Waals surface area contributed by atoms with Crippen LogP contribution in [0.2, 0.25) is 0 Å². The number of benzene rings is 2. The zero-order valence-corrected chi connectivity index (χ0v) is 18.2. The standard InChI is InChI=1S/C24H25FNO3P/c1-16(2)26-22-6-4-3-5-21(22)24(17-7-9-18(25)10-8-17)23(26)12-11-19(28)15-20(29-30)13-14-27/h3-12,14,16,20H,13,15,30H2,1-2H3/b12-11+/t20-/m0/s1. The van der Waals surface area contributed by atoms with Crippen molar-refractivity contribution in [3.05, 3.63) is 66.1 Å². The van der Waals surface area contributed by atoms with Gasteiger partial charge < -0.3 is 13.9 Å². The van der Waals surface area contributed by atoms with Gasteiger partial charge in [-0.2, -0.15) is 0 Å². The van der Waals surface area contributed by atoms with Crippen LogP contribution in [0.5, 0.6) is 0 Å². The Balaban J connectivity index is 2.11. The molecule has 3 rings (SSSR count). The molecule has 1 heterocycles. The molecule has 1 unspecified atom stereocenters. The highest BCUT2D eigenvalue weighted by Gasteiger charge is 2.19. The average molecular weight is 425 g/mol. The first kappa shape index (κ1) is 22.1. The van der Waals surface area contributed by atoms with Gasteiger partial charge in [-0.05, 0) is 49.8 Å². The Morgan fingerprint density at radius 2 is 1.87 bits per heavy atom. The minimum atomic E-state index is -0.461. The number of aldehydes is 1. The second-order valence-electron chi connectivity index (χ2n) is 7.41. The van der Waals surface area contributed by atoms with Gasteiger partial charge in [0.15, 0.2) is 5.78 Å². The number of fused-ring (bicyclic) bond motifs is 1. The van der Waals surface area contributed by atoms with Crippen molar-refractivity contribution < 1.29 is 18.5 Å². The number of carbonyl (C=O) groups excluding carboxylic acids is 2. The van der Waals surface area contributed by atoms with Gasteiger partial charge in [0.05, 0.1) is 11.8 Å². The Hall–Kier alpha value is -2.62. The minimum absolute atomic E-state index is 0.118. The van der Waals surface area contributed by atoms with Crippen molar-refractivity contribution in [1.29, 1.82) is 0 Å². The van der Waals surface area contributed by atoms with E-state index in [1.165, 1.54) is 18.2 Å². The zero-order chi connectivity index (χ0) is 21.7. The molecule has 0 aliphatic carbocycles. The molecule has 2 atom stereocenters. The van der Waals surface area contributed by atoms with Crippen LogP contribution >= 0.6 is 9.47 Å². The third kappa shape index (κ3) is 4.75. The van der Waals surface area contributed by atoms with Crippen LogP contribution in [0, 0.1) is 5.82 Å². The van der Waals surface area contributed by atoms with Gasteiger partial charge in [0.2, 0.25) is 0 Å². The zero-order valence-electron chi connectivity index (χ0n) is 17.0. The second-order valence-corrected chi connectivity index (χ2v) is 7.68. The van der Waals surface area contributed by atoms with E-state index in [4.69, 9.17) is 4.52 Å². The summed E-state index contributed by atoms with van der Waals surface area (Å²) in [5.74, 6) is -0.424. The monoisotopic (exact) mass is 425 g/mol. The van der Waals surface area contributed by atoms with Gasteiger partial charge in [0, 0.05) is 44.8 Å². The van der Waals surface area contributed by atoms with Crippen LogP contribution in [-0.4, -0.2) is 22.7 Å². The molecule has 30 heavy (non-hydrogen) atoms. The topological polar surface area (TPSA) is 48.3 Å². The molecular formula is C24H25FNO3P. The molecule has 0 bridgehead atoms. The van der Waals surface area contributed by atoms with E-state index in [1.54, 1.807) is 12.1 Å². The highest BCUT2D eigenvalue weighted by molar-refractivity contribution is 7.09.